The van der Waals surface area contributed by atoms with E-state index >= 15 is 0 Å². The van der Waals surface area contributed by atoms with Crippen molar-refractivity contribution in [1.29, 1.82) is 0 Å². The van der Waals surface area contributed by atoms with Crippen molar-refractivity contribution in [3.8, 4) is 5.75 Å². The highest BCUT2D eigenvalue weighted by molar-refractivity contribution is 5.72. The molecule has 1 saturated carbocycles. The number of benzene rings is 1. The van der Waals surface area contributed by atoms with Crippen LogP contribution in [0.15, 0.2) is 24.3 Å². The van der Waals surface area contributed by atoms with Crippen molar-refractivity contribution in [3.05, 3.63) is 29.8 Å². The van der Waals surface area contributed by atoms with Crippen LogP contribution in [0.2, 0.25) is 0 Å². The molecule has 1 atom stereocenters. The first-order chi connectivity index (χ1) is 16.7. The minimum atomic E-state index is -2.89. The third kappa shape index (κ3) is 10.8. The number of carbonyl (C=O) groups excluding carboxylic acids is 1. The van der Waals surface area contributed by atoms with Crippen LogP contribution in [0.3, 0.4) is 0 Å². The topological polar surface area (TPSA) is 94.5 Å². The van der Waals surface area contributed by atoms with Crippen LogP contribution in [0.4, 0.5) is 13.6 Å². The minimum Gasteiger partial charge on any atom is -0.492 e. The van der Waals surface area contributed by atoms with Gasteiger partial charge in [-0.25, -0.2) is 18.4 Å². The standard InChI is InChI=1S/C25H37F2NO7/c1-3-25(26,27)18-32-15-13-28(24(31)35-21-7-5-6-8-21)14-16-34-20-11-9-19(10-12-20)17-22(23(29)30)33-4-2/h9-12,21-22H,3-8,13-18H2,1-2H3,(H,29,30). The predicted octanol–water partition coefficient (Wildman–Crippen LogP) is 4.54. The molecule has 0 aliphatic heterocycles. The fourth-order valence-corrected chi connectivity index (χ4v) is 3.64. The second-order valence-electron chi connectivity index (χ2n) is 8.52. The molecule has 1 aliphatic rings. The maximum absolute atomic E-state index is 13.4. The molecule has 0 radical (unpaired) electrons. The highest BCUT2D eigenvalue weighted by Crippen LogP contribution is 2.22. The van der Waals surface area contributed by atoms with Gasteiger partial charge in [0.05, 0.1) is 13.2 Å². The Labute approximate surface area is 205 Å². The smallest absolute Gasteiger partial charge is 0.410 e. The molecule has 1 aliphatic carbocycles. The molecular weight excluding hydrogens is 464 g/mol. The van der Waals surface area contributed by atoms with Crippen molar-refractivity contribution in [3.63, 3.8) is 0 Å². The Hall–Kier alpha value is -2.46. The van der Waals surface area contributed by atoms with Gasteiger partial charge in [0.15, 0.2) is 6.10 Å². The summed E-state index contributed by atoms with van der Waals surface area (Å²) >= 11 is 0. The Bertz CT molecular complexity index is 770. The van der Waals surface area contributed by atoms with Gasteiger partial charge >= 0.3 is 12.1 Å². The number of amides is 1. The molecule has 0 spiro atoms. The molecule has 198 valence electrons. The van der Waals surface area contributed by atoms with Gasteiger partial charge < -0.3 is 29.0 Å². The first kappa shape index (κ1) is 28.8. The van der Waals surface area contributed by atoms with Gasteiger partial charge in [-0.1, -0.05) is 19.1 Å². The van der Waals surface area contributed by atoms with Crippen LogP contribution < -0.4 is 4.74 Å². The van der Waals surface area contributed by atoms with Crippen molar-refractivity contribution in [1.82, 2.24) is 4.90 Å². The lowest BCUT2D eigenvalue weighted by molar-refractivity contribution is -0.149. The van der Waals surface area contributed by atoms with Crippen LogP contribution in [0.25, 0.3) is 0 Å². The molecule has 8 nitrogen and oxygen atoms in total. The molecule has 1 aromatic carbocycles. The number of hydrogen-bond donors (Lipinski definition) is 1. The van der Waals surface area contributed by atoms with Crippen molar-refractivity contribution in [2.45, 2.75) is 70.5 Å². The summed E-state index contributed by atoms with van der Waals surface area (Å²) in [5.74, 6) is -3.35. The third-order valence-electron chi connectivity index (χ3n) is 5.78. The Balaban J connectivity index is 1.85. The maximum atomic E-state index is 13.4. The lowest BCUT2D eigenvalue weighted by atomic mass is 10.1. The van der Waals surface area contributed by atoms with Crippen LogP contribution in [-0.2, 0) is 25.4 Å². The van der Waals surface area contributed by atoms with Gasteiger partial charge in [-0.3, -0.25) is 0 Å². The molecule has 1 aromatic rings. The van der Waals surface area contributed by atoms with E-state index in [1.807, 2.05) is 0 Å². The van der Waals surface area contributed by atoms with Crippen LogP contribution in [-0.4, -0.2) is 79.7 Å². The van der Waals surface area contributed by atoms with Crippen molar-refractivity contribution in [2.24, 2.45) is 0 Å². The summed E-state index contributed by atoms with van der Waals surface area (Å²) in [5.41, 5.74) is 0.793. The minimum absolute atomic E-state index is 0.0331. The second-order valence-corrected chi connectivity index (χ2v) is 8.52. The van der Waals surface area contributed by atoms with E-state index in [4.69, 9.17) is 18.9 Å². The molecule has 0 saturated heterocycles. The zero-order valence-corrected chi connectivity index (χ0v) is 20.5. The van der Waals surface area contributed by atoms with Crippen molar-refractivity contribution in [2.75, 3.05) is 39.5 Å². The number of nitrogens with zero attached hydrogens (tertiary/aromatic N) is 1. The second kappa shape index (κ2) is 14.8. The average molecular weight is 502 g/mol. The van der Waals surface area contributed by atoms with Crippen molar-refractivity contribution >= 4 is 12.1 Å². The number of hydrogen-bond acceptors (Lipinski definition) is 6. The molecule has 0 bridgehead atoms. The number of ether oxygens (including phenoxy) is 4. The Morgan fingerprint density at radius 3 is 2.37 bits per heavy atom. The van der Waals surface area contributed by atoms with E-state index in [9.17, 15) is 23.5 Å². The number of alkyl halides is 2. The third-order valence-corrected chi connectivity index (χ3v) is 5.78. The van der Waals surface area contributed by atoms with E-state index < -0.39 is 30.7 Å². The summed E-state index contributed by atoms with van der Waals surface area (Å²) in [6.45, 7) is 3.20. The van der Waals surface area contributed by atoms with E-state index in [0.29, 0.717) is 12.4 Å². The summed E-state index contributed by atoms with van der Waals surface area (Å²) in [4.78, 5) is 25.3. The first-order valence-corrected chi connectivity index (χ1v) is 12.2. The van der Waals surface area contributed by atoms with Gasteiger partial charge in [0.2, 0.25) is 0 Å². The fraction of sp³-hybridized carbons (Fsp3) is 0.680. The Morgan fingerprint density at radius 1 is 1.11 bits per heavy atom. The zero-order chi connectivity index (χ0) is 25.7. The number of rotatable bonds is 16. The summed E-state index contributed by atoms with van der Waals surface area (Å²) < 4.78 is 48.4. The Kier molecular flexibility index (Phi) is 12.2. The number of carbonyl (C=O) groups is 2. The van der Waals surface area contributed by atoms with Crippen molar-refractivity contribution < 1.29 is 42.4 Å². The van der Waals surface area contributed by atoms with Crippen LogP contribution in [0.1, 0.15) is 51.5 Å². The van der Waals surface area contributed by atoms with Gasteiger partial charge in [0.1, 0.15) is 25.1 Å². The largest absolute Gasteiger partial charge is 0.492 e. The van der Waals surface area contributed by atoms with Crippen LogP contribution in [0, 0.1) is 0 Å². The maximum Gasteiger partial charge on any atom is 0.410 e. The monoisotopic (exact) mass is 501 g/mol. The molecular formula is C25H37F2NO7. The summed E-state index contributed by atoms with van der Waals surface area (Å²) in [5, 5.41) is 9.21. The number of aliphatic carboxylic acids is 1. The zero-order valence-electron chi connectivity index (χ0n) is 20.5. The molecule has 1 N–H and O–H groups in total. The van der Waals surface area contributed by atoms with E-state index in [0.717, 1.165) is 31.2 Å². The molecule has 10 heteroatoms. The molecule has 35 heavy (non-hydrogen) atoms. The van der Waals surface area contributed by atoms with Gasteiger partial charge in [-0.05, 0) is 50.3 Å². The normalized spacial score (nSPS) is 15.1. The van der Waals surface area contributed by atoms with Crippen LogP contribution >= 0.6 is 0 Å². The molecule has 1 fully saturated rings. The number of carboxylic acid groups (broad SMARTS) is 1. The van der Waals surface area contributed by atoms with Gasteiger partial charge in [0, 0.05) is 26.0 Å². The average Bonchev–Trinajstić information content (AvgIpc) is 3.34. The number of halogens is 2. The van der Waals surface area contributed by atoms with Gasteiger partial charge in [-0.15, -0.1) is 0 Å². The van der Waals surface area contributed by atoms with E-state index in [1.54, 1.807) is 31.2 Å². The van der Waals surface area contributed by atoms with Gasteiger partial charge in [-0.2, -0.15) is 0 Å². The SMILES string of the molecule is CCOC(Cc1ccc(OCCN(CCOCC(F)(F)CC)C(=O)OC2CCCC2)cc1)C(=O)O. The Morgan fingerprint density at radius 2 is 1.77 bits per heavy atom. The summed E-state index contributed by atoms with van der Waals surface area (Å²) in [6, 6.07) is 6.96. The van der Waals surface area contributed by atoms with Crippen LogP contribution in [0.5, 0.6) is 5.75 Å². The molecule has 1 amide bonds. The molecule has 0 heterocycles. The van der Waals surface area contributed by atoms with Gasteiger partial charge in [0.25, 0.3) is 5.92 Å². The highest BCUT2D eigenvalue weighted by atomic mass is 19.3. The lowest BCUT2D eigenvalue weighted by Gasteiger charge is -2.24. The predicted molar refractivity (Wildman–Crippen MR) is 125 cm³/mol. The van der Waals surface area contributed by atoms with E-state index in [1.165, 1.54) is 11.8 Å². The summed E-state index contributed by atoms with van der Waals surface area (Å²) in [6.07, 6.45) is 2.09. The molecule has 0 aromatic heterocycles. The van der Waals surface area contributed by atoms with E-state index in [-0.39, 0.29) is 45.2 Å². The summed E-state index contributed by atoms with van der Waals surface area (Å²) in [7, 11) is 0. The quantitative estimate of drug-likeness (QED) is 0.332. The highest BCUT2D eigenvalue weighted by Gasteiger charge is 2.27. The molecule has 2 rings (SSSR count). The number of carboxylic acids is 1. The molecule has 1 unspecified atom stereocenters. The van der Waals surface area contributed by atoms with E-state index in [2.05, 4.69) is 0 Å². The first-order valence-electron chi connectivity index (χ1n) is 12.2. The fourth-order valence-electron chi connectivity index (χ4n) is 3.64. The lowest BCUT2D eigenvalue weighted by Crippen LogP contribution is -2.39.